The molecule has 2 aliphatic rings. The van der Waals surface area contributed by atoms with Gasteiger partial charge in [-0.15, -0.1) is 0 Å². The molecule has 30 heavy (non-hydrogen) atoms. The van der Waals surface area contributed by atoms with Gasteiger partial charge < -0.3 is 10.6 Å². The van der Waals surface area contributed by atoms with Crippen molar-refractivity contribution < 1.29 is 19.2 Å². The maximum atomic E-state index is 12.6. The molecule has 2 aliphatic heterocycles. The van der Waals surface area contributed by atoms with Crippen LogP contribution < -0.4 is 21.3 Å². The van der Waals surface area contributed by atoms with Crippen molar-refractivity contribution in [1.29, 1.82) is 0 Å². The standard InChI is InChI=1S/C22H22N4O4/c27-17-21(25-19(29)23-17,15-9-3-1-4-10-15)13-7-8-14-22(16-11-5-2-6-12-16)18(28)24-20(30)26-22/h1-6,9-12H,7-8,13-14H2,(H2,23,25,27,29)(H2,24,26,28,30)/t21-,22-/m1/s1. The number of rotatable bonds is 7. The van der Waals surface area contributed by atoms with Crippen LogP contribution in [-0.2, 0) is 20.7 Å². The van der Waals surface area contributed by atoms with Crippen LogP contribution in [0.4, 0.5) is 9.59 Å². The maximum Gasteiger partial charge on any atom is 0.322 e. The predicted molar refractivity (Wildman–Crippen MR) is 108 cm³/mol. The fourth-order valence-corrected chi connectivity index (χ4v) is 4.26. The molecule has 0 aliphatic carbocycles. The molecular weight excluding hydrogens is 384 g/mol. The molecule has 2 fully saturated rings. The fraction of sp³-hybridized carbons (Fsp3) is 0.273. The van der Waals surface area contributed by atoms with Gasteiger partial charge in [0.1, 0.15) is 11.1 Å². The van der Waals surface area contributed by atoms with E-state index in [4.69, 9.17) is 0 Å². The van der Waals surface area contributed by atoms with E-state index in [2.05, 4.69) is 21.3 Å². The van der Waals surface area contributed by atoms with Crippen molar-refractivity contribution in [3.8, 4) is 0 Å². The van der Waals surface area contributed by atoms with E-state index in [1.54, 1.807) is 24.3 Å². The van der Waals surface area contributed by atoms with Gasteiger partial charge in [0.15, 0.2) is 0 Å². The van der Waals surface area contributed by atoms with Gasteiger partial charge in [0.05, 0.1) is 0 Å². The van der Waals surface area contributed by atoms with E-state index in [9.17, 15) is 19.2 Å². The largest absolute Gasteiger partial charge is 0.322 e. The van der Waals surface area contributed by atoms with Crippen molar-refractivity contribution in [3.63, 3.8) is 0 Å². The number of carbonyl (C=O) groups is 4. The van der Waals surface area contributed by atoms with Crippen LogP contribution in [-0.4, -0.2) is 23.9 Å². The monoisotopic (exact) mass is 406 g/mol. The van der Waals surface area contributed by atoms with Crippen molar-refractivity contribution in [2.45, 2.75) is 36.8 Å². The topological polar surface area (TPSA) is 116 Å². The van der Waals surface area contributed by atoms with Crippen LogP contribution in [0, 0.1) is 0 Å². The van der Waals surface area contributed by atoms with Crippen LogP contribution in [0.5, 0.6) is 0 Å². The summed E-state index contributed by atoms with van der Waals surface area (Å²) in [6, 6.07) is 17.1. The Balaban J connectivity index is 1.51. The minimum atomic E-state index is -1.14. The van der Waals surface area contributed by atoms with Gasteiger partial charge in [0.25, 0.3) is 11.8 Å². The van der Waals surface area contributed by atoms with Gasteiger partial charge in [-0.2, -0.15) is 0 Å². The van der Waals surface area contributed by atoms with Crippen molar-refractivity contribution in [1.82, 2.24) is 21.3 Å². The molecule has 2 atom stereocenters. The third-order valence-electron chi connectivity index (χ3n) is 5.77. The van der Waals surface area contributed by atoms with Gasteiger partial charge in [-0.1, -0.05) is 73.5 Å². The highest BCUT2D eigenvalue weighted by Crippen LogP contribution is 2.34. The first-order chi connectivity index (χ1) is 14.5. The Bertz CT molecular complexity index is 913. The molecule has 0 spiro atoms. The minimum absolute atomic E-state index is 0.370. The summed E-state index contributed by atoms with van der Waals surface area (Å²) in [6.45, 7) is 0. The summed E-state index contributed by atoms with van der Waals surface area (Å²) in [7, 11) is 0. The molecule has 2 heterocycles. The molecule has 0 bridgehead atoms. The molecule has 2 saturated heterocycles. The second-order valence-corrected chi connectivity index (χ2v) is 7.57. The number of unbranched alkanes of at least 4 members (excludes halogenated alkanes) is 1. The van der Waals surface area contributed by atoms with Crippen LogP contribution in [0.15, 0.2) is 60.7 Å². The smallest absolute Gasteiger partial charge is 0.319 e. The van der Waals surface area contributed by atoms with E-state index >= 15 is 0 Å². The highest BCUT2D eigenvalue weighted by atomic mass is 16.2. The summed E-state index contributed by atoms with van der Waals surface area (Å²) in [4.78, 5) is 49.0. The van der Waals surface area contributed by atoms with Crippen molar-refractivity contribution in [2.24, 2.45) is 0 Å². The number of urea groups is 2. The van der Waals surface area contributed by atoms with E-state index in [1.165, 1.54) is 0 Å². The van der Waals surface area contributed by atoms with Gasteiger partial charge >= 0.3 is 12.1 Å². The van der Waals surface area contributed by atoms with E-state index in [0.717, 1.165) is 0 Å². The minimum Gasteiger partial charge on any atom is -0.319 e. The van der Waals surface area contributed by atoms with Crippen LogP contribution >= 0.6 is 0 Å². The van der Waals surface area contributed by atoms with Gasteiger partial charge in [0, 0.05) is 0 Å². The summed E-state index contributed by atoms with van der Waals surface area (Å²) in [5.74, 6) is -0.772. The molecule has 0 unspecified atom stereocenters. The number of hydrogen-bond donors (Lipinski definition) is 4. The Kier molecular flexibility index (Phi) is 4.99. The second kappa shape index (κ2) is 7.62. The molecule has 4 rings (SSSR count). The Hall–Kier alpha value is -3.68. The maximum absolute atomic E-state index is 12.6. The SMILES string of the molecule is O=C1NC(=O)[C@@](CCCC[C@]2(c3ccccc3)NC(=O)NC2=O)(c2ccccc2)N1. The zero-order valence-corrected chi connectivity index (χ0v) is 16.2. The quantitative estimate of drug-likeness (QED) is 0.416. The fourth-order valence-electron chi connectivity index (χ4n) is 4.26. The molecule has 4 N–H and O–H groups in total. The molecule has 154 valence electrons. The lowest BCUT2D eigenvalue weighted by Crippen LogP contribution is -2.45. The first-order valence-electron chi connectivity index (χ1n) is 9.84. The number of hydrogen-bond acceptors (Lipinski definition) is 4. The summed E-state index contributed by atoms with van der Waals surface area (Å²) in [6.07, 6.45) is 1.85. The van der Waals surface area contributed by atoms with Gasteiger partial charge in [-0.3, -0.25) is 20.2 Å². The highest BCUT2D eigenvalue weighted by molar-refractivity contribution is 6.08. The Labute approximate surface area is 173 Å². The Morgan fingerprint density at radius 3 is 1.23 bits per heavy atom. The average Bonchev–Trinajstić information content (AvgIpc) is 3.21. The van der Waals surface area contributed by atoms with Gasteiger partial charge in [-0.05, 0) is 24.0 Å². The van der Waals surface area contributed by atoms with Crippen LogP contribution in [0.3, 0.4) is 0 Å². The van der Waals surface area contributed by atoms with Gasteiger partial charge in [0.2, 0.25) is 0 Å². The molecule has 2 aromatic carbocycles. The van der Waals surface area contributed by atoms with E-state index in [1.807, 2.05) is 36.4 Å². The van der Waals surface area contributed by atoms with E-state index < -0.39 is 23.1 Å². The van der Waals surface area contributed by atoms with Gasteiger partial charge in [-0.25, -0.2) is 9.59 Å². The number of imide groups is 2. The molecule has 0 radical (unpaired) electrons. The van der Waals surface area contributed by atoms with Crippen LogP contribution in [0.1, 0.15) is 36.8 Å². The molecule has 0 aromatic heterocycles. The highest BCUT2D eigenvalue weighted by Gasteiger charge is 2.49. The third-order valence-corrected chi connectivity index (χ3v) is 5.77. The number of carbonyl (C=O) groups excluding carboxylic acids is 4. The lowest BCUT2D eigenvalue weighted by atomic mass is 9.81. The molecule has 8 heteroatoms. The lowest BCUT2D eigenvalue weighted by molar-refractivity contribution is -0.125. The summed E-state index contributed by atoms with van der Waals surface area (Å²) in [5, 5.41) is 10.2. The predicted octanol–water partition coefficient (Wildman–Crippen LogP) is 2.02. The zero-order chi connectivity index (χ0) is 21.2. The molecule has 2 aromatic rings. The summed E-state index contributed by atoms with van der Waals surface area (Å²) >= 11 is 0. The van der Waals surface area contributed by atoms with Crippen molar-refractivity contribution >= 4 is 23.9 Å². The first kappa shape index (κ1) is 19.6. The molecule has 0 saturated carbocycles. The zero-order valence-electron chi connectivity index (χ0n) is 16.2. The summed E-state index contributed by atoms with van der Waals surface area (Å²) < 4.78 is 0. The number of amides is 6. The van der Waals surface area contributed by atoms with Crippen molar-refractivity contribution in [2.75, 3.05) is 0 Å². The molecule has 6 amide bonds. The normalized spacial score (nSPS) is 25.5. The van der Waals surface area contributed by atoms with E-state index in [-0.39, 0.29) is 11.8 Å². The second-order valence-electron chi connectivity index (χ2n) is 7.57. The van der Waals surface area contributed by atoms with E-state index in [0.29, 0.717) is 36.8 Å². The van der Waals surface area contributed by atoms with Crippen molar-refractivity contribution in [3.05, 3.63) is 71.8 Å². The Morgan fingerprint density at radius 2 is 0.933 bits per heavy atom. The average molecular weight is 406 g/mol. The lowest BCUT2D eigenvalue weighted by Gasteiger charge is -2.29. The Morgan fingerprint density at radius 1 is 0.567 bits per heavy atom. The third kappa shape index (κ3) is 3.30. The number of nitrogens with one attached hydrogen (secondary N) is 4. The van der Waals surface area contributed by atoms with Crippen LogP contribution in [0.2, 0.25) is 0 Å². The molecule has 8 nitrogen and oxygen atoms in total. The molecular formula is C22H22N4O4. The number of benzene rings is 2. The van der Waals surface area contributed by atoms with Crippen LogP contribution in [0.25, 0.3) is 0 Å². The first-order valence-corrected chi connectivity index (χ1v) is 9.84. The summed E-state index contributed by atoms with van der Waals surface area (Å²) in [5.41, 5.74) is -0.866.